The zero-order valence-corrected chi connectivity index (χ0v) is 10.2. The Morgan fingerprint density at radius 3 is 2.12 bits per heavy atom. The molecule has 0 spiro atoms. The third-order valence-electron chi connectivity index (χ3n) is 2.46. The van der Waals surface area contributed by atoms with Crippen molar-refractivity contribution in [1.82, 2.24) is 0 Å². The van der Waals surface area contributed by atoms with Crippen LogP contribution in [-0.4, -0.2) is 17.4 Å². The summed E-state index contributed by atoms with van der Waals surface area (Å²) in [7, 11) is 0. The summed E-state index contributed by atoms with van der Waals surface area (Å²) in [6.07, 6.45) is 2.29. The molecule has 90 valence electrons. The van der Waals surface area contributed by atoms with Gasteiger partial charge in [-0.2, -0.15) is 0 Å². The van der Waals surface area contributed by atoms with Crippen LogP contribution in [0.3, 0.4) is 0 Å². The molecule has 3 heteroatoms. The number of aldehydes is 1. The summed E-state index contributed by atoms with van der Waals surface area (Å²) < 4.78 is 0. The summed E-state index contributed by atoms with van der Waals surface area (Å²) in [5, 5.41) is 9.18. The molecule has 1 aromatic rings. The Bertz CT molecular complexity index is 465. The van der Waals surface area contributed by atoms with E-state index in [4.69, 9.17) is 0 Å². The van der Waals surface area contributed by atoms with Gasteiger partial charge in [-0.05, 0) is 17.1 Å². The van der Waals surface area contributed by atoms with Gasteiger partial charge in [0.15, 0.2) is 6.29 Å². The average Bonchev–Trinajstić information content (AvgIpc) is 2.24. The molecular weight excluding hydrogens is 216 g/mol. The molecular formula is C14H16O3. The summed E-state index contributed by atoms with van der Waals surface area (Å²) in [5.41, 5.74) is 0.944. The van der Waals surface area contributed by atoms with Crippen molar-refractivity contribution in [1.29, 1.82) is 0 Å². The van der Waals surface area contributed by atoms with Crippen LogP contribution in [0.2, 0.25) is 0 Å². The van der Waals surface area contributed by atoms with Crippen LogP contribution in [0.1, 0.15) is 36.7 Å². The van der Waals surface area contributed by atoms with Crippen LogP contribution in [0.5, 0.6) is 0 Å². The lowest BCUT2D eigenvalue weighted by Gasteiger charge is -2.19. The Labute approximate surface area is 101 Å². The number of hydrogen-bond donors (Lipinski definition) is 1. The smallest absolute Gasteiger partial charge is 0.332 e. The number of carboxylic acids is 1. The first-order valence-corrected chi connectivity index (χ1v) is 5.36. The number of carboxylic acid groups (broad SMARTS) is 1. The van der Waals surface area contributed by atoms with E-state index in [9.17, 15) is 14.7 Å². The number of hydrogen-bond acceptors (Lipinski definition) is 2. The second-order valence-electron chi connectivity index (χ2n) is 4.86. The van der Waals surface area contributed by atoms with Crippen LogP contribution in [0.4, 0.5) is 0 Å². The van der Waals surface area contributed by atoms with Gasteiger partial charge in [0, 0.05) is 11.1 Å². The fourth-order valence-electron chi connectivity index (χ4n) is 1.50. The van der Waals surface area contributed by atoms with Crippen molar-refractivity contribution < 1.29 is 14.7 Å². The number of benzene rings is 1. The molecule has 0 aliphatic carbocycles. The van der Waals surface area contributed by atoms with Crippen molar-refractivity contribution in [2.45, 2.75) is 20.8 Å². The van der Waals surface area contributed by atoms with E-state index in [1.165, 1.54) is 0 Å². The standard InChI is InChI=1S/C14H16O3/c1-14(2,3)12(13(16)17)8-10-6-4-5-7-11(10)9-15/h4-9H,1-3H3,(H,16,17). The third-order valence-corrected chi connectivity index (χ3v) is 2.46. The SMILES string of the molecule is CC(C)(C)C(=Cc1ccccc1C=O)C(=O)O. The normalized spacial score (nSPS) is 12.3. The summed E-state index contributed by atoms with van der Waals surface area (Å²) in [6.45, 7) is 5.49. The van der Waals surface area contributed by atoms with Crippen LogP contribution in [0.15, 0.2) is 29.8 Å². The van der Waals surface area contributed by atoms with Gasteiger partial charge in [0.25, 0.3) is 0 Å². The van der Waals surface area contributed by atoms with Crippen molar-refractivity contribution in [3.05, 3.63) is 41.0 Å². The second kappa shape index (κ2) is 4.95. The number of carbonyl (C=O) groups excluding carboxylic acids is 1. The zero-order chi connectivity index (χ0) is 13.1. The Kier molecular flexibility index (Phi) is 3.84. The van der Waals surface area contributed by atoms with E-state index in [-0.39, 0.29) is 5.57 Å². The molecule has 0 aromatic heterocycles. The minimum Gasteiger partial charge on any atom is -0.478 e. The zero-order valence-electron chi connectivity index (χ0n) is 10.2. The first-order chi connectivity index (χ1) is 7.86. The fourth-order valence-corrected chi connectivity index (χ4v) is 1.50. The van der Waals surface area contributed by atoms with E-state index >= 15 is 0 Å². The van der Waals surface area contributed by atoms with Crippen molar-refractivity contribution in [2.75, 3.05) is 0 Å². The lowest BCUT2D eigenvalue weighted by molar-refractivity contribution is -0.133. The summed E-state index contributed by atoms with van der Waals surface area (Å²) in [5.74, 6) is -0.960. The topological polar surface area (TPSA) is 54.4 Å². The minimum atomic E-state index is -0.960. The molecule has 0 aliphatic rings. The number of aliphatic carboxylic acids is 1. The lowest BCUT2D eigenvalue weighted by atomic mass is 9.85. The Balaban J connectivity index is 3.32. The highest BCUT2D eigenvalue weighted by Crippen LogP contribution is 2.28. The maximum atomic E-state index is 11.2. The van der Waals surface area contributed by atoms with E-state index in [1.807, 2.05) is 20.8 Å². The van der Waals surface area contributed by atoms with E-state index < -0.39 is 11.4 Å². The van der Waals surface area contributed by atoms with Gasteiger partial charge in [-0.25, -0.2) is 4.79 Å². The van der Waals surface area contributed by atoms with Crippen molar-refractivity contribution in [2.24, 2.45) is 5.41 Å². The van der Waals surface area contributed by atoms with E-state index in [1.54, 1.807) is 30.3 Å². The van der Waals surface area contributed by atoms with Crippen molar-refractivity contribution in [3.63, 3.8) is 0 Å². The van der Waals surface area contributed by atoms with Crippen LogP contribution in [-0.2, 0) is 4.79 Å². The van der Waals surface area contributed by atoms with Crippen molar-refractivity contribution >= 4 is 18.3 Å². The quantitative estimate of drug-likeness (QED) is 0.643. The van der Waals surface area contributed by atoms with Crippen LogP contribution in [0, 0.1) is 5.41 Å². The third kappa shape index (κ3) is 3.28. The highest BCUT2D eigenvalue weighted by atomic mass is 16.4. The average molecular weight is 232 g/mol. The van der Waals surface area contributed by atoms with Gasteiger partial charge in [0.2, 0.25) is 0 Å². The lowest BCUT2D eigenvalue weighted by Crippen LogP contribution is -2.17. The van der Waals surface area contributed by atoms with Gasteiger partial charge in [-0.15, -0.1) is 0 Å². The molecule has 0 saturated heterocycles. The molecule has 3 nitrogen and oxygen atoms in total. The Hall–Kier alpha value is -1.90. The van der Waals surface area contributed by atoms with E-state index in [2.05, 4.69) is 0 Å². The molecule has 0 bridgehead atoms. The number of rotatable bonds is 3. The van der Waals surface area contributed by atoms with E-state index in [0.717, 1.165) is 6.29 Å². The fraction of sp³-hybridized carbons (Fsp3) is 0.286. The van der Waals surface area contributed by atoms with Crippen LogP contribution < -0.4 is 0 Å². The molecule has 0 saturated carbocycles. The van der Waals surface area contributed by atoms with Crippen LogP contribution in [0.25, 0.3) is 6.08 Å². The molecule has 1 rings (SSSR count). The Morgan fingerprint density at radius 2 is 1.71 bits per heavy atom. The number of carbonyl (C=O) groups is 2. The maximum absolute atomic E-state index is 11.2. The molecule has 0 heterocycles. The molecule has 0 radical (unpaired) electrons. The molecule has 1 N–H and O–H groups in total. The molecule has 17 heavy (non-hydrogen) atoms. The summed E-state index contributed by atoms with van der Waals surface area (Å²) in [4.78, 5) is 22.0. The van der Waals surface area contributed by atoms with Gasteiger partial charge < -0.3 is 5.11 Å². The van der Waals surface area contributed by atoms with E-state index in [0.29, 0.717) is 11.1 Å². The maximum Gasteiger partial charge on any atom is 0.332 e. The van der Waals surface area contributed by atoms with Gasteiger partial charge in [-0.3, -0.25) is 4.79 Å². The largest absolute Gasteiger partial charge is 0.478 e. The Morgan fingerprint density at radius 1 is 1.18 bits per heavy atom. The minimum absolute atomic E-state index is 0.284. The van der Waals surface area contributed by atoms with Gasteiger partial charge in [0.05, 0.1) is 0 Å². The first-order valence-electron chi connectivity index (χ1n) is 5.36. The molecule has 0 amide bonds. The predicted octanol–water partition coefficient (Wildman–Crippen LogP) is 3.01. The molecule has 0 atom stereocenters. The van der Waals surface area contributed by atoms with Gasteiger partial charge in [-0.1, -0.05) is 45.0 Å². The molecule has 1 aromatic carbocycles. The van der Waals surface area contributed by atoms with Gasteiger partial charge in [0.1, 0.15) is 0 Å². The summed E-state index contributed by atoms with van der Waals surface area (Å²) >= 11 is 0. The second-order valence-corrected chi connectivity index (χ2v) is 4.86. The van der Waals surface area contributed by atoms with Crippen molar-refractivity contribution in [3.8, 4) is 0 Å². The molecule has 0 fully saturated rings. The van der Waals surface area contributed by atoms with Gasteiger partial charge >= 0.3 is 5.97 Å². The molecule has 0 aliphatic heterocycles. The van der Waals surface area contributed by atoms with Crippen LogP contribution >= 0.6 is 0 Å². The first kappa shape index (κ1) is 13.2. The molecule has 0 unspecified atom stereocenters. The summed E-state index contributed by atoms with van der Waals surface area (Å²) in [6, 6.07) is 6.93. The predicted molar refractivity (Wildman–Crippen MR) is 66.9 cm³/mol. The monoisotopic (exact) mass is 232 g/mol. The highest BCUT2D eigenvalue weighted by molar-refractivity contribution is 5.95. The highest BCUT2D eigenvalue weighted by Gasteiger charge is 2.23.